The first-order chi connectivity index (χ1) is 19.1. The van der Waals surface area contributed by atoms with Gasteiger partial charge in [-0.3, -0.25) is 0 Å². The number of nitrogens with one attached hydrogen (secondary N) is 2. The number of carbonyl (C=O) groups is 1. The van der Waals surface area contributed by atoms with E-state index in [4.69, 9.17) is 13.9 Å². The molecule has 0 aliphatic carbocycles. The Kier molecular flexibility index (Phi) is 8.36. The van der Waals surface area contributed by atoms with Gasteiger partial charge >= 0.3 is 5.97 Å². The molecule has 0 spiro atoms. The molecule has 0 radical (unpaired) electrons. The lowest BCUT2D eigenvalue weighted by Crippen LogP contribution is -3.04. The van der Waals surface area contributed by atoms with Crippen LogP contribution >= 0.6 is 0 Å². The van der Waals surface area contributed by atoms with E-state index in [-0.39, 0.29) is 0 Å². The SMILES string of the molecule is CCOC(=O)C1=C(Cc2ccc(OCCc3nc(-c4ccccc4)oc3C)cc2)[NH+](Cc2ccccc2)[N-]N1. The number of rotatable bonds is 11. The molecule has 1 aliphatic heterocycles. The number of quaternary nitrogens is 1. The molecule has 2 heterocycles. The van der Waals surface area contributed by atoms with Crippen molar-refractivity contribution >= 4 is 5.97 Å². The summed E-state index contributed by atoms with van der Waals surface area (Å²) >= 11 is 0. The molecule has 200 valence electrons. The smallest absolute Gasteiger partial charge is 0.358 e. The molecular weight excluding hydrogens is 492 g/mol. The van der Waals surface area contributed by atoms with Gasteiger partial charge in [0.2, 0.25) is 5.89 Å². The van der Waals surface area contributed by atoms with Crippen molar-refractivity contribution in [3.8, 4) is 17.2 Å². The second-order valence-corrected chi connectivity index (χ2v) is 9.21. The van der Waals surface area contributed by atoms with Crippen molar-refractivity contribution in [3.05, 3.63) is 124 Å². The van der Waals surface area contributed by atoms with Crippen LogP contribution in [0.4, 0.5) is 0 Å². The Hall–Kier alpha value is -4.40. The largest absolute Gasteiger partial charge is 0.493 e. The molecule has 5 rings (SSSR count). The van der Waals surface area contributed by atoms with Gasteiger partial charge in [-0.1, -0.05) is 60.7 Å². The zero-order chi connectivity index (χ0) is 27.0. The summed E-state index contributed by atoms with van der Waals surface area (Å²) in [6.07, 6.45) is 1.19. The number of allylic oxidation sites excluding steroid dienone is 1. The van der Waals surface area contributed by atoms with Crippen LogP contribution in [0.1, 0.15) is 29.5 Å². The number of carbonyl (C=O) groups excluding carboxylic acids is 1. The topological polar surface area (TPSA) is 92.1 Å². The van der Waals surface area contributed by atoms with E-state index in [1.807, 2.05) is 79.7 Å². The van der Waals surface area contributed by atoms with Crippen molar-refractivity contribution in [2.45, 2.75) is 33.2 Å². The van der Waals surface area contributed by atoms with Crippen molar-refractivity contribution < 1.29 is 23.7 Å². The van der Waals surface area contributed by atoms with E-state index in [0.717, 1.165) is 44.6 Å². The Morgan fingerprint density at radius 3 is 2.41 bits per heavy atom. The highest BCUT2D eigenvalue weighted by atomic mass is 16.5. The van der Waals surface area contributed by atoms with Crippen molar-refractivity contribution in [3.63, 3.8) is 0 Å². The summed E-state index contributed by atoms with van der Waals surface area (Å²) in [5.41, 5.74) is 12.6. The summed E-state index contributed by atoms with van der Waals surface area (Å²) < 4.78 is 17.1. The highest BCUT2D eigenvalue weighted by Crippen LogP contribution is 2.22. The molecule has 8 nitrogen and oxygen atoms in total. The number of ether oxygens (including phenoxy) is 2. The first-order valence-corrected chi connectivity index (χ1v) is 13.1. The third-order valence-electron chi connectivity index (χ3n) is 6.47. The van der Waals surface area contributed by atoms with E-state index in [0.29, 0.717) is 44.2 Å². The van der Waals surface area contributed by atoms with E-state index in [1.54, 1.807) is 6.92 Å². The van der Waals surface area contributed by atoms with Crippen molar-refractivity contribution in [2.24, 2.45) is 0 Å². The number of oxazole rings is 1. The van der Waals surface area contributed by atoms with E-state index in [1.165, 1.54) is 0 Å². The van der Waals surface area contributed by atoms with Gasteiger partial charge in [-0.25, -0.2) is 9.78 Å². The minimum Gasteiger partial charge on any atom is -0.493 e. The summed E-state index contributed by atoms with van der Waals surface area (Å²) in [4.78, 5) is 17.2. The first-order valence-electron chi connectivity index (χ1n) is 13.1. The van der Waals surface area contributed by atoms with Crippen molar-refractivity contribution in [1.82, 2.24) is 10.4 Å². The standard InChI is InChI=1S/C31H32N4O4/c1-3-37-31(36)29-28(35(34-33-29)21-24-10-6-4-7-11-24)20-23-14-16-26(17-15-23)38-19-18-27-22(2)39-30(32-27)25-12-8-5-9-13-25/h4-17,33,35H,3,18-21H2,1-2H3. The maximum absolute atomic E-state index is 12.6. The summed E-state index contributed by atoms with van der Waals surface area (Å²) in [6, 6.07) is 27.9. The molecular formula is C31H32N4O4. The molecule has 0 saturated heterocycles. The predicted octanol–water partition coefficient (Wildman–Crippen LogP) is 4.48. The molecule has 0 amide bonds. The van der Waals surface area contributed by atoms with Crippen LogP contribution in [0, 0.1) is 6.92 Å². The zero-order valence-corrected chi connectivity index (χ0v) is 22.1. The van der Waals surface area contributed by atoms with E-state index in [2.05, 4.69) is 28.1 Å². The molecule has 2 N–H and O–H groups in total. The lowest BCUT2D eigenvalue weighted by molar-refractivity contribution is -0.835. The Bertz CT molecular complexity index is 1420. The number of hydrogen-bond acceptors (Lipinski definition) is 6. The fourth-order valence-electron chi connectivity index (χ4n) is 4.44. The summed E-state index contributed by atoms with van der Waals surface area (Å²) in [5.74, 6) is 1.81. The van der Waals surface area contributed by atoms with Crippen LogP contribution in [0.5, 0.6) is 5.75 Å². The van der Waals surface area contributed by atoms with Gasteiger partial charge in [-0.05, 0) is 43.7 Å². The van der Waals surface area contributed by atoms with Gasteiger partial charge < -0.3 is 29.9 Å². The molecule has 1 unspecified atom stereocenters. The van der Waals surface area contributed by atoms with Crippen LogP contribution in [0.15, 0.2) is 101 Å². The lowest BCUT2D eigenvalue weighted by Gasteiger charge is -2.25. The van der Waals surface area contributed by atoms with E-state index < -0.39 is 5.97 Å². The Balaban J connectivity index is 1.22. The molecule has 39 heavy (non-hydrogen) atoms. The molecule has 0 saturated carbocycles. The van der Waals surface area contributed by atoms with Crippen LogP contribution in [-0.2, 0) is 28.9 Å². The molecule has 3 aromatic carbocycles. The second kappa shape index (κ2) is 12.4. The Morgan fingerprint density at radius 1 is 0.974 bits per heavy atom. The fourth-order valence-corrected chi connectivity index (χ4v) is 4.44. The number of hydrogen-bond donors (Lipinski definition) is 2. The monoisotopic (exact) mass is 524 g/mol. The number of esters is 1. The lowest BCUT2D eigenvalue weighted by atomic mass is 10.1. The maximum atomic E-state index is 12.6. The van der Waals surface area contributed by atoms with Crippen LogP contribution in [0.2, 0.25) is 0 Å². The molecule has 0 bridgehead atoms. The Labute approximate surface area is 228 Å². The fraction of sp³-hybridized carbons (Fsp3) is 0.226. The third-order valence-corrected chi connectivity index (χ3v) is 6.47. The Morgan fingerprint density at radius 2 is 1.69 bits per heavy atom. The molecule has 1 atom stereocenters. The van der Waals surface area contributed by atoms with Gasteiger partial charge in [0, 0.05) is 24.0 Å². The average Bonchev–Trinajstić information content (AvgIpc) is 3.53. The van der Waals surface area contributed by atoms with Gasteiger partial charge in [-0.2, -0.15) is 0 Å². The molecule has 1 aromatic heterocycles. The minimum atomic E-state index is -0.391. The van der Waals surface area contributed by atoms with Crippen LogP contribution in [0.25, 0.3) is 17.0 Å². The summed E-state index contributed by atoms with van der Waals surface area (Å²) in [5, 5.41) is 0.836. The van der Waals surface area contributed by atoms with Crippen LogP contribution in [0.3, 0.4) is 0 Å². The van der Waals surface area contributed by atoms with Gasteiger partial charge in [0.1, 0.15) is 17.2 Å². The minimum absolute atomic E-state index is 0.304. The second-order valence-electron chi connectivity index (χ2n) is 9.21. The molecule has 1 aliphatic rings. The zero-order valence-electron chi connectivity index (χ0n) is 22.1. The summed E-state index contributed by atoms with van der Waals surface area (Å²) in [6.45, 7) is 5.14. The number of aromatic nitrogens is 1. The first kappa shape index (κ1) is 26.2. The van der Waals surface area contributed by atoms with Gasteiger partial charge in [0.05, 0.1) is 25.5 Å². The van der Waals surface area contributed by atoms with Crippen molar-refractivity contribution in [1.29, 1.82) is 0 Å². The number of nitrogens with zero attached hydrogens (tertiary/aromatic N) is 2. The summed E-state index contributed by atoms with van der Waals surface area (Å²) in [7, 11) is 0. The van der Waals surface area contributed by atoms with E-state index in [9.17, 15) is 4.79 Å². The maximum Gasteiger partial charge on any atom is 0.358 e. The number of aryl methyl sites for hydroxylation is 1. The van der Waals surface area contributed by atoms with Crippen LogP contribution in [-0.4, -0.2) is 24.2 Å². The molecule has 8 heteroatoms. The highest BCUT2D eigenvalue weighted by molar-refractivity contribution is 5.88. The normalized spacial score (nSPS) is 14.8. The van der Waals surface area contributed by atoms with Gasteiger partial charge in [-0.15, -0.1) is 0 Å². The number of benzene rings is 3. The quantitative estimate of drug-likeness (QED) is 0.281. The van der Waals surface area contributed by atoms with Gasteiger partial charge in [0.15, 0.2) is 5.70 Å². The highest BCUT2D eigenvalue weighted by Gasteiger charge is 2.27. The predicted molar refractivity (Wildman–Crippen MR) is 147 cm³/mol. The molecule has 0 fully saturated rings. The average molecular weight is 525 g/mol. The third kappa shape index (κ3) is 6.54. The molecule has 4 aromatic rings. The van der Waals surface area contributed by atoms with E-state index >= 15 is 0 Å². The van der Waals surface area contributed by atoms with Crippen LogP contribution < -0.4 is 15.2 Å². The van der Waals surface area contributed by atoms with Gasteiger partial charge in [0.25, 0.3) is 0 Å². The van der Waals surface area contributed by atoms with Crippen molar-refractivity contribution in [2.75, 3.05) is 13.2 Å².